The summed E-state index contributed by atoms with van der Waals surface area (Å²) in [6, 6.07) is 0. The molecule has 0 aliphatic heterocycles. The number of carbonyl (C=O) groups is 1. The summed E-state index contributed by atoms with van der Waals surface area (Å²) in [5, 5.41) is 3.10. The molecule has 0 fully saturated rings. The standard InChI is InChI=1S/C13H28N2O/c1-6-7-11(4)12(16)15-13(5,9-14)8-10(2)3/h10-11H,6-9,14H2,1-5H3,(H,15,16). The lowest BCUT2D eigenvalue weighted by Crippen LogP contribution is -2.53. The average molecular weight is 228 g/mol. The van der Waals surface area contributed by atoms with Gasteiger partial charge in [0.25, 0.3) is 0 Å². The fraction of sp³-hybridized carbons (Fsp3) is 0.923. The van der Waals surface area contributed by atoms with E-state index in [1.54, 1.807) is 0 Å². The highest BCUT2D eigenvalue weighted by molar-refractivity contribution is 5.79. The third-order valence-electron chi connectivity index (χ3n) is 2.90. The van der Waals surface area contributed by atoms with Gasteiger partial charge in [0, 0.05) is 18.0 Å². The zero-order valence-electron chi connectivity index (χ0n) is 11.5. The zero-order valence-corrected chi connectivity index (χ0v) is 11.5. The molecule has 0 aromatic rings. The second kappa shape index (κ2) is 6.89. The normalized spacial score (nSPS) is 16.9. The van der Waals surface area contributed by atoms with Gasteiger partial charge in [-0.15, -0.1) is 0 Å². The fourth-order valence-electron chi connectivity index (χ4n) is 2.07. The van der Waals surface area contributed by atoms with Crippen LogP contribution in [0.1, 0.15) is 53.9 Å². The van der Waals surface area contributed by atoms with Crippen molar-refractivity contribution in [1.29, 1.82) is 0 Å². The summed E-state index contributed by atoms with van der Waals surface area (Å²) >= 11 is 0. The van der Waals surface area contributed by atoms with Crippen molar-refractivity contribution in [1.82, 2.24) is 5.32 Å². The van der Waals surface area contributed by atoms with E-state index >= 15 is 0 Å². The van der Waals surface area contributed by atoms with Crippen molar-refractivity contribution in [3.63, 3.8) is 0 Å². The number of amides is 1. The number of hydrogen-bond donors (Lipinski definition) is 2. The van der Waals surface area contributed by atoms with Gasteiger partial charge in [-0.3, -0.25) is 4.79 Å². The molecule has 96 valence electrons. The summed E-state index contributed by atoms with van der Waals surface area (Å²) in [5.41, 5.74) is 5.51. The minimum Gasteiger partial charge on any atom is -0.349 e. The highest BCUT2D eigenvalue weighted by Crippen LogP contribution is 2.16. The molecule has 0 aliphatic carbocycles. The molecule has 0 bridgehead atoms. The van der Waals surface area contributed by atoms with E-state index in [4.69, 9.17) is 5.73 Å². The van der Waals surface area contributed by atoms with Crippen molar-refractivity contribution in [2.45, 2.75) is 59.4 Å². The van der Waals surface area contributed by atoms with Crippen LogP contribution in [0.5, 0.6) is 0 Å². The Kier molecular flexibility index (Phi) is 6.65. The highest BCUT2D eigenvalue weighted by Gasteiger charge is 2.27. The van der Waals surface area contributed by atoms with Gasteiger partial charge in [-0.2, -0.15) is 0 Å². The number of rotatable bonds is 7. The largest absolute Gasteiger partial charge is 0.349 e. The highest BCUT2D eigenvalue weighted by atomic mass is 16.2. The van der Waals surface area contributed by atoms with Crippen LogP contribution in [0.15, 0.2) is 0 Å². The van der Waals surface area contributed by atoms with Crippen LogP contribution in [0.25, 0.3) is 0 Å². The number of nitrogens with one attached hydrogen (secondary N) is 1. The molecule has 3 N–H and O–H groups in total. The Morgan fingerprint density at radius 2 is 1.94 bits per heavy atom. The Labute approximate surface area is 100 Å². The molecule has 1 amide bonds. The molecule has 0 aromatic heterocycles. The van der Waals surface area contributed by atoms with Gasteiger partial charge in [-0.05, 0) is 25.7 Å². The van der Waals surface area contributed by atoms with Crippen molar-refractivity contribution in [3.8, 4) is 0 Å². The topological polar surface area (TPSA) is 55.1 Å². The maximum atomic E-state index is 11.9. The summed E-state index contributed by atoms with van der Waals surface area (Å²) in [5.74, 6) is 0.758. The molecular weight excluding hydrogens is 200 g/mol. The molecule has 0 saturated carbocycles. The van der Waals surface area contributed by atoms with Gasteiger partial charge in [0.05, 0.1) is 0 Å². The van der Waals surface area contributed by atoms with Crippen LogP contribution in [-0.4, -0.2) is 18.0 Å². The molecule has 0 heterocycles. The Morgan fingerprint density at radius 3 is 2.31 bits per heavy atom. The van der Waals surface area contributed by atoms with Gasteiger partial charge in [0.1, 0.15) is 0 Å². The molecule has 0 rings (SSSR count). The predicted octanol–water partition coefficient (Wildman–Crippen LogP) is 2.30. The summed E-state index contributed by atoms with van der Waals surface area (Å²) < 4.78 is 0. The summed E-state index contributed by atoms with van der Waals surface area (Å²) in [6.07, 6.45) is 2.90. The number of carbonyl (C=O) groups excluding carboxylic acids is 1. The van der Waals surface area contributed by atoms with E-state index < -0.39 is 0 Å². The Balaban J connectivity index is 4.35. The van der Waals surface area contributed by atoms with E-state index in [0.29, 0.717) is 12.5 Å². The lowest BCUT2D eigenvalue weighted by atomic mass is 9.90. The van der Waals surface area contributed by atoms with Gasteiger partial charge < -0.3 is 11.1 Å². The monoisotopic (exact) mass is 228 g/mol. The van der Waals surface area contributed by atoms with Crippen molar-refractivity contribution >= 4 is 5.91 Å². The van der Waals surface area contributed by atoms with Crippen molar-refractivity contribution in [2.75, 3.05) is 6.54 Å². The van der Waals surface area contributed by atoms with E-state index in [9.17, 15) is 4.79 Å². The lowest BCUT2D eigenvalue weighted by Gasteiger charge is -2.32. The van der Waals surface area contributed by atoms with Gasteiger partial charge in [-0.1, -0.05) is 34.1 Å². The second-order valence-electron chi connectivity index (χ2n) is 5.54. The quantitative estimate of drug-likeness (QED) is 0.702. The van der Waals surface area contributed by atoms with E-state index in [1.165, 1.54) is 0 Å². The molecule has 2 unspecified atom stereocenters. The van der Waals surface area contributed by atoms with Crippen LogP contribution in [-0.2, 0) is 4.79 Å². The average Bonchev–Trinajstić information content (AvgIpc) is 2.16. The maximum Gasteiger partial charge on any atom is 0.223 e. The van der Waals surface area contributed by atoms with Crippen LogP contribution < -0.4 is 11.1 Å². The predicted molar refractivity (Wildman–Crippen MR) is 69.1 cm³/mol. The maximum absolute atomic E-state index is 11.9. The first-order valence-electron chi connectivity index (χ1n) is 6.36. The first-order valence-corrected chi connectivity index (χ1v) is 6.36. The Bertz CT molecular complexity index is 216. The first-order chi connectivity index (χ1) is 7.34. The molecule has 0 saturated heterocycles. The van der Waals surface area contributed by atoms with Crippen molar-refractivity contribution in [3.05, 3.63) is 0 Å². The minimum atomic E-state index is -0.257. The van der Waals surface area contributed by atoms with Crippen LogP contribution in [0.4, 0.5) is 0 Å². The van der Waals surface area contributed by atoms with Gasteiger partial charge in [0.2, 0.25) is 5.91 Å². The molecule has 3 nitrogen and oxygen atoms in total. The number of hydrogen-bond acceptors (Lipinski definition) is 2. The fourth-order valence-corrected chi connectivity index (χ4v) is 2.07. The molecule has 0 aromatic carbocycles. The van der Waals surface area contributed by atoms with E-state index in [2.05, 4.69) is 26.1 Å². The zero-order chi connectivity index (χ0) is 12.8. The Morgan fingerprint density at radius 1 is 1.38 bits per heavy atom. The third kappa shape index (κ3) is 5.50. The van der Waals surface area contributed by atoms with Gasteiger partial charge >= 0.3 is 0 Å². The smallest absolute Gasteiger partial charge is 0.223 e. The summed E-state index contributed by atoms with van der Waals surface area (Å²) in [4.78, 5) is 11.9. The molecule has 3 heteroatoms. The molecule has 16 heavy (non-hydrogen) atoms. The van der Waals surface area contributed by atoms with Crippen molar-refractivity contribution in [2.24, 2.45) is 17.6 Å². The van der Waals surface area contributed by atoms with Gasteiger partial charge in [0.15, 0.2) is 0 Å². The van der Waals surface area contributed by atoms with Gasteiger partial charge in [-0.25, -0.2) is 0 Å². The van der Waals surface area contributed by atoms with E-state index in [-0.39, 0.29) is 17.4 Å². The lowest BCUT2D eigenvalue weighted by molar-refractivity contribution is -0.126. The Hall–Kier alpha value is -0.570. The van der Waals surface area contributed by atoms with Crippen LogP contribution in [0.3, 0.4) is 0 Å². The van der Waals surface area contributed by atoms with Crippen LogP contribution in [0.2, 0.25) is 0 Å². The summed E-state index contributed by atoms with van der Waals surface area (Å²) in [6.45, 7) is 10.9. The van der Waals surface area contributed by atoms with Crippen LogP contribution >= 0.6 is 0 Å². The van der Waals surface area contributed by atoms with Crippen LogP contribution in [0, 0.1) is 11.8 Å². The number of nitrogens with two attached hydrogens (primary N) is 1. The first kappa shape index (κ1) is 15.4. The minimum absolute atomic E-state index is 0.0861. The summed E-state index contributed by atoms with van der Waals surface area (Å²) in [7, 11) is 0. The van der Waals surface area contributed by atoms with E-state index in [1.807, 2.05) is 13.8 Å². The molecule has 0 spiro atoms. The second-order valence-corrected chi connectivity index (χ2v) is 5.54. The third-order valence-corrected chi connectivity index (χ3v) is 2.90. The van der Waals surface area contributed by atoms with Crippen molar-refractivity contribution < 1.29 is 4.79 Å². The van der Waals surface area contributed by atoms with E-state index in [0.717, 1.165) is 19.3 Å². The SMILES string of the molecule is CCCC(C)C(=O)NC(C)(CN)CC(C)C. The molecule has 2 atom stereocenters. The molecular formula is C13H28N2O. The molecule has 0 aliphatic rings. The molecule has 0 radical (unpaired) electrons.